The van der Waals surface area contributed by atoms with Gasteiger partial charge in [-0.3, -0.25) is 4.79 Å². The van der Waals surface area contributed by atoms with Gasteiger partial charge in [0.1, 0.15) is 5.75 Å². The summed E-state index contributed by atoms with van der Waals surface area (Å²) in [5, 5.41) is 0. The molecule has 1 aliphatic heterocycles. The van der Waals surface area contributed by atoms with Gasteiger partial charge in [-0.25, -0.2) is 0 Å². The van der Waals surface area contributed by atoms with E-state index in [9.17, 15) is 4.79 Å². The van der Waals surface area contributed by atoms with Crippen molar-refractivity contribution in [1.82, 2.24) is 0 Å². The van der Waals surface area contributed by atoms with Crippen LogP contribution >= 0.6 is 0 Å². The Bertz CT molecular complexity index is 798. The SMILES string of the molecule is C=C(c1ccc(OCCC(C)C(=O)OC)cc1)N1CCCc2ccccc21. The molecular weight excluding hydrogens is 338 g/mol. The van der Waals surface area contributed by atoms with Gasteiger partial charge in [0.05, 0.1) is 19.6 Å². The van der Waals surface area contributed by atoms with Crippen LogP contribution in [0.2, 0.25) is 0 Å². The number of anilines is 1. The molecule has 4 nitrogen and oxygen atoms in total. The summed E-state index contributed by atoms with van der Waals surface area (Å²) in [6.45, 7) is 7.64. The number of para-hydroxylation sites is 1. The summed E-state index contributed by atoms with van der Waals surface area (Å²) in [5.41, 5.74) is 4.73. The normalized spacial score (nSPS) is 14.2. The lowest BCUT2D eigenvalue weighted by Gasteiger charge is -2.32. The zero-order valence-electron chi connectivity index (χ0n) is 16.1. The van der Waals surface area contributed by atoms with Crippen LogP contribution in [0, 0.1) is 5.92 Å². The van der Waals surface area contributed by atoms with Crippen molar-refractivity contribution >= 4 is 17.4 Å². The summed E-state index contributed by atoms with van der Waals surface area (Å²) in [6.07, 6.45) is 2.89. The molecule has 0 fully saturated rings. The van der Waals surface area contributed by atoms with E-state index in [0.29, 0.717) is 13.0 Å². The maximum absolute atomic E-state index is 11.4. The van der Waals surface area contributed by atoms with Crippen LogP contribution in [-0.4, -0.2) is 26.2 Å². The van der Waals surface area contributed by atoms with Crippen molar-refractivity contribution in [3.8, 4) is 5.75 Å². The van der Waals surface area contributed by atoms with Crippen molar-refractivity contribution < 1.29 is 14.3 Å². The Kier molecular flexibility index (Phi) is 6.17. The van der Waals surface area contributed by atoms with Gasteiger partial charge in [-0.05, 0) is 60.7 Å². The summed E-state index contributed by atoms with van der Waals surface area (Å²) in [7, 11) is 1.41. The first-order valence-electron chi connectivity index (χ1n) is 9.45. The molecule has 0 saturated heterocycles. The molecule has 4 heteroatoms. The van der Waals surface area contributed by atoms with E-state index in [1.165, 1.54) is 18.4 Å². The van der Waals surface area contributed by atoms with Crippen molar-refractivity contribution in [3.63, 3.8) is 0 Å². The molecule has 0 N–H and O–H groups in total. The van der Waals surface area contributed by atoms with Gasteiger partial charge in [-0.15, -0.1) is 0 Å². The Balaban J connectivity index is 1.61. The van der Waals surface area contributed by atoms with Crippen LogP contribution in [-0.2, 0) is 16.0 Å². The molecule has 1 unspecified atom stereocenters. The summed E-state index contributed by atoms with van der Waals surface area (Å²) in [5.74, 6) is 0.433. The number of hydrogen-bond donors (Lipinski definition) is 0. The highest BCUT2D eigenvalue weighted by molar-refractivity contribution is 5.80. The van der Waals surface area contributed by atoms with Crippen LogP contribution in [0.3, 0.4) is 0 Å². The van der Waals surface area contributed by atoms with Gasteiger partial charge in [-0.2, -0.15) is 0 Å². The summed E-state index contributed by atoms with van der Waals surface area (Å²) in [4.78, 5) is 13.7. The van der Waals surface area contributed by atoms with E-state index in [-0.39, 0.29) is 11.9 Å². The third-order valence-electron chi connectivity index (χ3n) is 5.05. The topological polar surface area (TPSA) is 38.8 Å². The predicted octanol–water partition coefficient (Wildman–Crippen LogP) is 4.69. The van der Waals surface area contributed by atoms with Gasteiger partial charge >= 0.3 is 5.97 Å². The molecule has 0 bridgehead atoms. The van der Waals surface area contributed by atoms with Crippen molar-refractivity contribution in [3.05, 3.63) is 66.2 Å². The highest BCUT2D eigenvalue weighted by Gasteiger charge is 2.19. The maximum Gasteiger partial charge on any atom is 0.308 e. The van der Waals surface area contributed by atoms with E-state index in [1.54, 1.807) is 0 Å². The van der Waals surface area contributed by atoms with Crippen LogP contribution in [0.5, 0.6) is 5.75 Å². The quantitative estimate of drug-likeness (QED) is 0.668. The molecule has 2 aromatic rings. The largest absolute Gasteiger partial charge is 0.494 e. The molecule has 0 radical (unpaired) electrons. The van der Waals surface area contributed by atoms with E-state index in [2.05, 4.69) is 35.7 Å². The van der Waals surface area contributed by atoms with Gasteiger partial charge in [0.2, 0.25) is 0 Å². The Morgan fingerprint density at radius 2 is 1.93 bits per heavy atom. The lowest BCUT2D eigenvalue weighted by molar-refractivity contribution is -0.145. The molecule has 2 aromatic carbocycles. The number of hydrogen-bond acceptors (Lipinski definition) is 4. The standard InChI is InChI=1S/C23H27NO3/c1-17(23(25)26-3)14-16-27-21-12-10-19(11-13-21)18(2)24-15-6-8-20-7-4-5-9-22(20)24/h4-5,7,9-13,17H,2,6,8,14-16H2,1,3H3. The van der Waals surface area contributed by atoms with Crippen LogP contribution < -0.4 is 9.64 Å². The first-order chi connectivity index (χ1) is 13.1. The fourth-order valence-electron chi connectivity index (χ4n) is 3.39. The number of fused-ring (bicyclic) bond motifs is 1. The lowest BCUT2D eigenvalue weighted by atomic mass is 10.00. The highest BCUT2D eigenvalue weighted by Crippen LogP contribution is 2.33. The minimum atomic E-state index is -0.202. The average molecular weight is 365 g/mol. The number of methoxy groups -OCH3 is 1. The summed E-state index contributed by atoms with van der Waals surface area (Å²) in [6, 6.07) is 16.5. The molecule has 0 amide bonds. The smallest absolute Gasteiger partial charge is 0.308 e. The Labute approximate surface area is 161 Å². The lowest BCUT2D eigenvalue weighted by Crippen LogP contribution is -2.27. The molecule has 0 aromatic heterocycles. The van der Waals surface area contributed by atoms with Crippen LogP contribution in [0.15, 0.2) is 55.1 Å². The second-order valence-electron chi connectivity index (χ2n) is 6.92. The maximum atomic E-state index is 11.4. The van der Waals surface area contributed by atoms with Crippen LogP contribution in [0.4, 0.5) is 5.69 Å². The van der Waals surface area contributed by atoms with E-state index < -0.39 is 0 Å². The van der Waals surface area contributed by atoms with E-state index in [1.807, 2.05) is 31.2 Å². The molecule has 1 atom stereocenters. The number of ether oxygens (including phenoxy) is 2. The number of nitrogens with zero attached hydrogens (tertiary/aromatic N) is 1. The zero-order chi connectivity index (χ0) is 19.2. The Hall–Kier alpha value is -2.75. The predicted molar refractivity (Wildman–Crippen MR) is 109 cm³/mol. The molecule has 0 saturated carbocycles. The molecule has 0 spiro atoms. The average Bonchev–Trinajstić information content (AvgIpc) is 2.72. The second-order valence-corrected chi connectivity index (χ2v) is 6.92. The van der Waals surface area contributed by atoms with Crippen molar-refractivity contribution in [2.75, 3.05) is 25.2 Å². The number of esters is 1. The molecule has 142 valence electrons. The fourth-order valence-corrected chi connectivity index (χ4v) is 3.39. The summed E-state index contributed by atoms with van der Waals surface area (Å²) < 4.78 is 10.5. The highest BCUT2D eigenvalue weighted by atomic mass is 16.5. The zero-order valence-corrected chi connectivity index (χ0v) is 16.1. The van der Waals surface area contributed by atoms with Crippen LogP contribution in [0.25, 0.3) is 5.70 Å². The number of aryl methyl sites for hydroxylation is 1. The van der Waals surface area contributed by atoms with E-state index in [0.717, 1.165) is 36.4 Å². The molecule has 1 heterocycles. The molecular formula is C23H27NO3. The van der Waals surface area contributed by atoms with Gasteiger partial charge in [-0.1, -0.05) is 31.7 Å². The van der Waals surface area contributed by atoms with Gasteiger partial charge < -0.3 is 14.4 Å². The van der Waals surface area contributed by atoms with Crippen molar-refractivity contribution in [1.29, 1.82) is 0 Å². The number of carbonyl (C=O) groups excluding carboxylic acids is 1. The first-order valence-corrected chi connectivity index (χ1v) is 9.45. The molecule has 27 heavy (non-hydrogen) atoms. The Morgan fingerprint density at radius 3 is 2.67 bits per heavy atom. The van der Waals surface area contributed by atoms with Gasteiger partial charge in [0, 0.05) is 17.9 Å². The Morgan fingerprint density at radius 1 is 1.19 bits per heavy atom. The number of carbonyl (C=O) groups is 1. The first kappa shape index (κ1) is 19.0. The van der Waals surface area contributed by atoms with Crippen molar-refractivity contribution in [2.45, 2.75) is 26.2 Å². The van der Waals surface area contributed by atoms with Gasteiger partial charge in [0.15, 0.2) is 0 Å². The molecule has 0 aliphatic carbocycles. The number of benzene rings is 2. The van der Waals surface area contributed by atoms with Gasteiger partial charge in [0.25, 0.3) is 0 Å². The summed E-state index contributed by atoms with van der Waals surface area (Å²) >= 11 is 0. The third kappa shape index (κ3) is 4.51. The van der Waals surface area contributed by atoms with E-state index >= 15 is 0 Å². The van der Waals surface area contributed by atoms with E-state index in [4.69, 9.17) is 9.47 Å². The third-order valence-corrected chi connectivity index (χ3v) is 5.05. The number of rotatable bonds is 7. The fraction of sp³-hybridized carbons (Fsp3) is 0.348. The molecule has 3 rings (SSSR count). The molecule has 1 aliphatic rings. The monoisotopic (exact) mass is 365 g/mol. The minimum Gasteiger partial charge on any atom is -0.494 e. The van der Waals surface area contributed by atoms with Crippen LogP contribution in [0.1, 0.15) is 30.9 Å². The van der Waals surface area contributed by atoms with Crippen molar-refractivity contribution in [2.24, 2.45) is 5.92 Å². The second kappa shape index (κ2) is 8.76. The minimum absolute atomic E-state index is 0.159.